The van der Waals surface area contributed by atoms with E-state index in [-0.39, 0.29) is 28.8 Å². The Hall–Kier alpha value is -3.20. The molecule has 1 heterocycles. The number of carbonyl (C=O) groups excluding carboxylic acids is 2. The second-order valence-corrected chi connectivity index (χ2v) is 11.3. The first-order valence-electron chi connectivity index (χ1n) is 12.3. The van der Waals surface area contributed by atoms with Crippen molar-refractivity contribution in [2.75, 3.05) is 25.0 Å². The predicted molar refractivity (Wildman–Crippen MR) is 145 cm³/mol. The lowest BCUT2D eigenvalue weighted by molar-refractivity contribution is -0.117. The van der Waals surface area contributed by atoms with E-state index in [2.05, 4.69) is 5.32 Å². The Kier molecular flexibility index (Phi) is 8.32. The molecule has 0 saturated carbocycles. The highest BCUT2D eigenvalue weighted by atomic mass is 35.5. The van der Waals surface area contributed by atoms with Crippen molar-refractivity contribution >= 4 is 39.1 Å². The molecule has 3 aromatic carbocycles. The van der Waals surface area contributed by atoms with Gasteiger partial charge in [-0.2, -0.15) is 4.31 Å². The molecule has 0 aromatic heterocycles. The first-order valence-corrected chi connectivity index (χ1v) is 14.1. The summed E-state index contributed by atoms with van der Waals surface area (Å²) in [6.07, 6.45) is 1.42. The van der Waals surface area contributed by atoms with Crippen LogP contribution < -0.4 is 5.32 Å². The van der Waals surface area contributed by atoms with Gasteiger partial charge in [-0.3, -0.25) is 9.59 Å². The number of benzene rings is 3. The van der Waals surface area contributed by atoms with Gasteiger partial charge in [0.05, 0.1) is 10.9 Å². The summed E-state index contributed by atoms with van der Waals surface area (Å²) < 4.78 is 27.8. The number of amides is 2. The van der Waals surface area contributed by atoms with Crippen LogP contribution in [0.1, 0.15) is 54.2 Å². The van der Waals surface area contributed by atoms with Crippen molar-refractivity contribution in [1.29, 1.82) is 0 Å². The Morgan fingerprint density at radius 2 is 1.65 bits per heavy atom. The lowest BCUT2D eigenvalue weighted by Crippen LogP contribution is -2.39. The first kappa shape index (κ1) is 26.9. The average Bonchev–Trinajstić information content (AvgIpc) is 3.04. The van der Waals surface area contributed by atoms with Crippen LogP contribution in [0.2, 0.25) is 5.02 Å². The van der Waals surface area contributed by atoms with E-state index < -0.39 is 16.1 Å². The quantitative estimate of drug-likeness (QED) is 0.419. The summed E-state index contributed by atoms with van der Waals surface area (Å²) in [4.78, 5) is 28.3. The molecule has 2 amide bonds. The number of rotatable bonds is 8. The van der Waals surface area contributed by atoms with Crippen LogP contribution >= 0.6 is 11.6 Å². The zero-order valence-electron chi connectivity index (χ0n) is 20.9. The molecular formula is C28H30ClN3O4S. The molecule has 0 radical (unpaired) electrons. The van der Waals surface area contributed by atoms with Crippen LogP contribution in [0.5, 0.6) is 0 Å². The van der Waals surface area contributed by atoms with Crippen molar-refractivity contribution in [2.45, 2.75) is 37.6 Å². The van der Waals surface area contributed by atoms with Crippen molar-refractivity contribution in [1.82, 2.24) is 9.21 Å². The van der Waals surface area contributed by atoms with E-state index in [1.54, 1.807) is 18.2 Å². The van der Waals surface area contributed by atoms with E-state index in [4.69, 9.17) is 11.6 Å². The van der Waals surface area contributed by atoms with Gasteiger partial charge in [0, 0.05) is 34.9 Å². The number of hydrogen-bond acceptors (Lipinski definition) is 4. The van der Waals surface area contributed by atoms with Gasteiger partial charge < -0.3 is 10.2 Å². The van der Waals surface area contributed by atoms with E-state index in [0.29, 0.717) is 42.2 Å². The van der Waals surface area contributed by atoms with Gasteiger partial charge in [0.25, 0.3) is 5.91 Å². The number of fused-ring (bicyclic) bond motifs is 1. The molecule has 0 bridgehead atoms. The maximum atomic E-state index is 13.8. The first-order chi connectivity index (χ1) is 17.8. The molecule has 1 N–H and O–H groups in total. The predicted octanol–water partition coefficient (Wildman–Crippen LogP) is 5.33. The van der Waals surface area contributed by atoms with E-state index in [1.807, 2.05) is 44.2 Å². The molecule has 0 aliphatic carbocycles. The standard InChI is InChI=1S/C28H30ClN3O4S/c1-3-16-31(17-4-2)37(35,36)23-13-10-21(11-14-23)28(34)32-19-26(33)30-25-15-12-22(29)18-24(25)27(32)20-8-6-5-7-9-20/h5-15,18,27H,3-4,16-17,19H2,1-2H3,(H,30,33)/t27-/m1/s1. The monoisotopic (exact) mass is 539 g/mol. The normalized spacial score (nSPS) is 15.7. The highest BCUT2D eigenvalue weighted by molar-refractivity contribution is 7.89. The second kappa shape index (κ2) is 11.5. The van der Waals surface area contributed by atoms with Crippen LogP contribution in [0.25, 0.3) is 0 Å². The number of anilines is 1. The van der Waals surface area contributed by atoms with Crippen molar-refractivity contribution in [3.8, 4) is 0 Å². The molecule has 1 aliphatic rings. The van der Waals surface area contributed by atoms with Crippen molar-refractivity contribution in [2.24, 2.45) is 0 Å². The van der Waals surface area contributed by atoms with Crippen LogP contribution in [-0.4, -0.2) is 49.1 Å². The summed E-state index contributed by atoms with van der Waals surface area (Å²) in [5.74, 6) is -0.718. The second-order valence-electron chi connectivity index (χ2n) is 8.95. The maximum Gasteiger partial charge on any atom is 0.255 e. The molecule has 0 spiro atoms. The van der Waals surface area contributed by atoms with Crippen molar-refractivity contribution in [3.63, 3.8) is 0 Å². The molecule has 9 heteroatoms. The van der Waals surface area contributed by atoms with Gasteiger partial charge in [-0.25, -0.2) is 8.42 Å². The number of nitrogens with zero attached hydrogens (tertiary/aromatic N) is 2. The van der Waals surface area contributed by atoms with Gasteiger partial charge in [-0.1, -0.05) is 55.8 Å². The van der Waals surface area contributed by atoms with E-state index >= 15 is 0 Å². The van der Waals surface area contributed by atoms with Gasteiger partial charge in [0.1, 0.15) is 6.54 Å². The molecule has 3 aromatic rings. The van der Waals surface area contributed by atoms with Gasteiger partial charge in [-0.15, -0.1) is 0 Å². The molecule has 4 rings (SSSR count). The number of carbonyl (C=O) groups is 2. The lowest BCUT2D eigenvalue weighted by Gasteiger charge is -2.31. The van der Waals surface area contributed by atoms with Crippen LogP contribution in [0.15, 0.2) is 77.7 Å². The highest BCUT2D eigenvalue weighted by Crippen LogP contribution is 2.38. The molecule has 7 nitrogen and oxygen atoms in total. The van der Waals surface area contributed by atoms with Crippen LogP contribution in [-0.2, 0) is 14.8 Å². The third-order valence-corrected chi connectivity index (χ3v) is 8.42. The minimum absolute atomic E-state index is 0.135. The fourth-order valence-corrected chi connectivity index (χ4v) is 6.40. The van der Waals surface area contributed by atoms with Gasteiger partial charge in [0.15, 0.2) is 0 Å². The Bertz CT molecular complexity index is 1370. The minimum atomic E-state index is -3.68. The van der Waals surface area contributed by atoms with Crippen LogP contribution in [0, 0.1) is 0 Å². The molecule has 1 atom stereocenters. The molecule has 0 unspecified atom stereocenters. The van der Waals surface area contributed by atoms with Gasteiger partial charge >= 0.3 is 0 Å². The van der Waals surface area contributed by atoms with Crippen molar-refractivity contribution < 1.29 is 18.0 Å². The number of halogens is 1. The molecular weight excluding hydrogens is 510 g/mol. The Balaban J connectivity index is 1.73. The third kappa shape index (κ3) is 5.71. The topological polar surface area (TPSA) is 86.8 Å². The van der Waals surface area contributed by atoms with Crippen molar-refractivity contribution in [3.05, 3.63) is 94.5 Å². The smallest absolute Gasteiger partial charge is 0.255 e. The number of sulfonamides is 1. The minimum Gasteiger partial charge on any atom is -0.324 e. The highest BCUT2D eigenvalue weighted by Gasteiger charge is 2.34. The average molecular weight is 540 g/mol. The summed E-state index contributed by atoms with van der Waals surface area (Å²) >= 11 is 6.32. The van der Waals surface area contributed by atoms with E-state index in [0.717, 1.165) is 5.56 Å². The molecule has 37 heavy (non-hydrogen) atoms. The lowest BCUT2D eigenvalue weighted by atomic mass is 9.95. The summed E-state index contributed by atoms with van der Waals surface area (Å²) in [6, 6.07) is 20.0. The molecule has 194 valence electrons. The zero-order chi connectivity index (χ0) is 26.6. The summed E-state index contributed by atoms with van der Waals surface area (Å²) in [6.45, 7) is 4.56. The zero-order valence-corrected chi connectivity index (χ0v) is 22.4. The fraction of sp³-hybridized carbons (Fsp3) is 0.286. The Labute approximate surface area is 223 Å². The third-order valence-electron chi connectivity index (χ3n) is 6.27. The number of hydrogen-bond donors (Lipinski definition) is 1. The van der Waals surface area contributed by atoms with Gasteiger partial charge in [0.2, 0.25) is 15.9 Å². The SMILES string of the molecule is CCCN(CCC)S(=O)(=O)c1ccc(C(=O)N2CC(=O)Nc3ccc(Cl)cc3[C@H]2c2ccccc2)cc1. The summed E-state index contributed by atoms with van der Waals surface area (Å²) in [5.41, 5.74) is 2.40. The summed E-state index contributed by atoms with van der Waals surface area (Å²) in [5, 5.41) is 3.36. The van der Waals surface area contributed by atoms with E-state index in [1.165, 1.54) is 33.5 Å². The Morgan fingerprint density at radius 1 is 1.00 bits per heavy atom. The van der Waals surface area contributed by atoms with Gasteiger partial charge in [-0.05, 0) is 60.9 Å². The molecule has 0 saturated heterocycles. The number of nitrogens with one attached hydrogen (secondary N) is 1. The van der Waals surface area contributed by atoms with Crippen LogP contribution in [0.3, 0.4) is 0 Å². The molecule has 1 aliphatic heterocycles. The largest absolute Gasteiger partial charge is 0.324 e. The van der Waals surface area contributed by atoms with Crippen LogP contribution in [0.4, 0.5) is 5.69 Å². The fourth-order valence-electron chi connectivity index (χ4n) is 4.60. The van der Waals surface area contributed by atoms with E-state index in [9.17, 15) is 18.0 Å². The maximum absolute atomic E-state index is 13.8. The Morgan fingerprint density at radius 3 is 2.27 bits per heavy atom. The molecule has 0 fully saturated rings. The summed E-state index contributed by atoms with van der Waals surface area (Å²) in [7, 11) is -3.68.